The predicted octanol–water partition coefficient (Wildman–Crippen LogP) is 2.78. The molecule has 0 saturated carbocycles. The minimum atomic E-state index is -0.165. The number of hydrogen-bond donors (Lipinski definition) is 1. The van der Waals surface area contributed by atoms with Crippen LogP contribution in [0.1, 0.15) is 19.4 Å². The largest absolute Gasteiger partial charge is 0.326 e. The third-order valence-electron chi connectivity index (χ3n) is 1.59. The Labute approximate surface area is 82.5 Å². The summed E-state index contributed by atoms with van der Waals surface area (Å²) in [5, 5.41) is 0.401. The smallest absolute Gasteiger partial charge is 0.137 e. The van der Waals surface area contributed by atoms with E-state index in [0.717, 1.165) is 5.56 Å². The van der Waals surface area contributed by atoms with Crippen molar-refractivity contribution in [3.63, 3.8) is 0 Å². The van der Waals surface area contributed by atoms with E-state index in [4.69, 9.17) is 5.73 Å². The number of nitrogens with two attached hydrogens (primary N) is 1. The standard InChI is InChI=1S/C10H14FNS/c1-7(2)13-10-4-3-8(6-12)5-9(10)11/h3-5,7H,6,12H2,1-2H3. The van der Waals surface area contributed by atoms with Gasteiger partial charge >= 0.3 is 0 Å². The molecule has 0 unspecified atom stereocenters. The molecule has 0 aliphatic carbocycles. The Bertz CT molecular complexity index is 286. The second-order valence-corrected chi connectivity index (χ2v) is 4.75. The Hall–Kier alpha value is -0.540. The molecule has 1 aromatic carbocycles. The molecule has 1 rings (SSSR count). The summed E-state index contributed by atoms with van der Waals surface area (Å²) in [5.41, 5.74) is 6.24. The first-order valence-electron chi connectivity index (χ1n) is 4.28. The van der Waals surface area contributed by atoms with Crippen molar-refractivity contribution in [3.05, 3.63) is 29.6 Å². The quantitative estimate of drug-likeness (QED) is 0.757. The molecule has 3 heteroatoms. The second-order valence-electron chi connectivity index (χ2n) is 3.14. The van der Waals surface area contributed by atoms with Crippen LogP contribution in [0.4, 0.5) is 4.39 Å². The summed E-state index contributed by atoms with van der Waals surface area (Å²) in [6, 6.07) is 5.17. The predicted molar refractivity (Wildman–Crippen MR) is 55.3 cm³/mol. The van der Waals surface area contributed by atoms with Crippen LogP contribution in [0.5, 0.6) is 0 Å². The van der Waals surface area contributed by atoms with Crippen LogP contribution in [0.15, 0.2) is 23.1 Å². The molecule has 0 heterocycles. The van der Waals surface area contributed by atoms with Crippen molar-refractivity contribution in [1.29, 1.82) is 0 Å². The first-order chi connectivity index (χ1) is 6.13. The van der Waals surface area contributed by atoms with Crippen molar-refractivity contribution in [1.82, 2.24) is 0 Å². The highest BCUT2D eigenvalue weighted by molar-refractivity contribution is 7.99. The number of benzene rings is 1. The second kappa shape index (κ2) is 4.63. The molecule has 0 fully saturated rings. The molecular weight excluding hydrogens is 185 g/mol. The Morgan fingerprint density at radius 2 is 2.15 bits per heavy atom. The molecule has 0 bridgehead atoms. The zero-order valence-corrected chi connectivity index (χ0v) is 8.70. The topological polar surface area (TPSA) is 26.0 Å². The van der Waals surface area contributed by atoms with Gasteiger partial charge in [-0.25, -0.2) is 4.39 Å². The highest BCUT2D eigenvalue weighted by Crippen LogP contribution is 2.26. The van der Waals surface area contributed by atoms with Crippen LogP contribution >= 0.6 is 11.8 Å². The van der Waals surface area contributed by atoms with E-state index < -0.39 is 0 Å². The number of hydrogen-bond acceptors (Lipinski definition) is 2. The molecule has 0 aliphatic heterocycles. The van der Waals surface area contributed by atoms with Gasteiger partial charge in [-0.05, 0) is 17.7 Å². The summed E-state index contributed by atoms with van der Waals surface area (Å²) in [5.74, 6) is -0.165. The van der Waals surface area contributed by atoms with Gasteiger partial charge in [0.1, 0.15) is 5.82 Å². The minimum absolute atomic E-state index is 0.165. The fourth-order valence-electron chi connectivity index (χ4n) is 1.02. The maximum absolute atomic E-state index is 13.3. The van der Waals surface area contributed by atoms with Crippen molar-refractivity contribution < 1.29 is 4.39 Å². The molecule has 2 N–H and O–H groups in total. The average Bonchev–Trinajstić information content (AvgIpc) is 2.08. The lowest BCUT2D eigenvalue weighted by molar-refractivity contribution is 0.599. The molecule has 13 heavy (non-hydrogen) atoms. The minimum Gasteiger partial charge on any atom is -0.326 e. The van der Waals surface area contributed by atoms with Crippen molar-refractivity contribution in [2.45, 2.75) is 30.5 Å². The van der Waals surface area contributed by atoms with Crippen molar-refractivity contribution in [2.24, 2.45) is 5.73 Å². The van der Waals surface area contributed by atoms with Crippen LogP contribution in [0.2, 0.25) is 0 Å². The molecule has 0 saturated heterocycles. The summed E-state index contributed by atoms with van der Waals surface area (Å²) >= 11 is 1.53. The molecule has 1 nitrogen and oxygen atoms in total. The normalized spacial score (nSPS) is 10.8. The average molecular weight is 199 g/mol. The Morgan fingerprint density at radius 1 is 1.46 bits per heavy atom. The summed E-state index contributed by atoms with van der Waals surface area (Å²) in [6.07, 6.45) is 0. The highest BCUT2D eigenvalue weighted by Gasteiger charge is 2.05. The van der Waals surface area contributed by atoms with E-state index >= 15 is 0 Å². The van der Waals surface area contributed by atoms with Gasteiger partial charge in [0.15, 0.2) is 0 Å². The van der Waals surface area contributed by atoms with E-state index in [1.807, 2.05) is 19.9 Å². The molecule has 0 spiro atoms. The molecule has 0 radical (unpaired) electrons. The van der Waals surface area contributed by atoms with E-state index in [9.17, 15) is 4.39 Å². The van der Waals surface area contributed by atoms with Gasteiger partial charge in [-0.15, -0.1) is 11.8 Å². The maximum atomic E-state index is 13.3. The summed E-state index contributed by atoms with van der Waals surface area (Å²) < 4.78 is 13.3. The molecular formula is C10H14FNS. The van der Waals surface area contributed by atoms with Gasteiger partial charge in [0.2, 0.25) is 0 Å². The number of rotatable bonds is 3. The van der Waals surface area contributed by atoms with Crippen LogP contribution in [0, 0.1) is 5.82 Å². The summed E-state index contributed by atoms with van der Waals surface area (Å²) in [7, 11) is 0. The van der Waals surface area contributed by atoms with E-state index in [-0.39, 0.29) is 5.82 Å². The third kappa shape index (κ3) is 3.01. The molecule has 0 atom stereocenters. The lowest BCUT2D eigenvalue weighted by Crippen LogP contribution is -1.97. The highest BCUT2D eigenvalue weighted by atomic mass is 32.2. The van der Waals surface area contributed by atoms with E-state index in [1.54, 1.807) is 6.07 Å². The summed E-state index contributed by atoms with van der Waals surface area (Å²) in [6.45, 7) is 4.48. The monoisotopic (exact) mass is 199 g/mol. The van der Waals surface area contributed by atoms with Gasteiger partial charge in [-0.3, -0.25) is 0 Å². The Balaban J connectivity index is 2.85. The number of thioether (sulfide) groups is 1. The van der Waals surface area contributed by atoms with Crippen LogP contribution in [0.25, 0.3) is 0 Å². The fourth-order valence-corrected chi connectivity index (χ4v) is 1.85. The Kier molecular flexibility index (Phi) is 3.75. The first kappa shape index (κ1) is 10.5. The zero-order chi connectivity index (χ0) is 9.84. The van der Waals surface area contributed by atoms with E-state index in [2.05, 4.69) is 0 Å². The lowest BCUT2D eigenvalue weighted by Gasteiger charge is -2.06. The SMILES string of the molecule is CC(C)Sc1ccc(CN)cc1F. The van der Waals surface area contributed by atoms with Gasteiger partial charge in [0.25, 0.3) is 0 Å². The van der Waals surface area contributed by atoms with E-state index in [0.29, 0.717) is 16.7 Å². The van der Waals surface area contributed by atoms with Gasteiger partial charge in [0, 0.05) is 16.7 Å². The Morgan fingerprint density at radius 3 is 2.62 bits per heavy atom. The van der Waals surface area contributed by atoms with E-state index in [1.165, 1.54) is 17.8 Å². The van der Waals surface area contributed by atoms with Gasteiger partial charge in [-0.2, -0.15) is 0 Å². The fraction of sp³-hybridized carbons (Fsp3) is 0.400. The molecule has 0 aliphatic rings. The zero-order valence-electron chi connectivity index (χ0n) is 7.88. The van der Waals surface area contributed by atoms with Gasteiger partial charge < -0.3 is 5.73 Å². The van der Waals surface area contributed by atoms with Gasteiger partial charge in [0.05, 0.1) is 0 Å². The van der Waals surface area contributed by atoms with Crippen LogP contribution in [0.3, 0.4) is 0 Å². The molecule has 72 valence electrons. The molecule has 0 amide bonds. The lowest BCUT2D eigenvalue weighted by atomic mass is 10.2. The van der Waals surface area contributed by atoms with Gasteiger partial charge in [-0.1, -0.05) is 19.9 Å². The van der Waals surface area contributed by atoms with Crippen molar-refractivity contribution in [3.8, 4) is 0 Å². The first-order valence-corrected chi connectivity index (χ1v) is 5.16. The van der Waals surface area contributed by atoms with Crippen LogP contribution in [-0.4, -0.2) is 5.25 Å². The third-order valence-corrected chi connectivity index (χ3v) is 2.65. The van der Waals surface area contributed by atoms with Crippen LogP contribution < -0.4 is 5.73 Å². The van der Waals surface area contributed by atoms with Crippen molar-refractivity contribution in [2.75, 3.05) is 0 Å². The summed E-state index contributed by atoms with van der Waals surface area (Å²) in [4.78, 5) is 0.701. The van der Waals surface area contributed by atoms with Crippen molar-refractivity contribution >= 4 is 11.8 Å². The number of halogens is 1. The maximum Gasteiger partial charge on any atom is 0.137 e. The molecule has 0 aromatic heterocycles. The van der Waals surface area contributed by atoms with Crippen LogP contribution in [-0.2, 0) is 6.54 Å². The molecule has 1 aromatic rings.